The molecule has 25 heavy (non-hydrogen) atoms. The summed E-state index contributed by atoms with van der Waals surface area (Å²) in [5.41, 5.74) is 1.14. The Labute approximate surface area is 145 Å². The molecule has 3 rings (SSSR count). The van der Waals surface area contributed by atoms with Crippen molar-refractivity contribution in [2.45, 2.75) is 19.3 Å². The standard InChI is InChI=1S/C19H19FN2O3/c20-15-6-4-13(5-7-15)12-14-8-10-22(11-9-14)18(23)16-2-1-3-17(21-16)19(24)25/h1-7,14H,8-12H2,(H,24,25). The van der Waals surface area contributed by atoms with Crippen molar-refractivity contribution in [3.05, 3.63) is 65.2 Å². The molecular formula is C19H19FN2O3. The number of hydrogen-bond acceptors (Lipinski definition) is 3. The molecule has 130 valence electrons. The van der Waals surface area contributed by atoms with Crippen molar-refractivity contribution < 1.29 is 19.1 Å². The summed E-state index contributed by atoms with van der Waals surface area (Å²) in [6, 6.07) is 11.0. The summed E-state index contributed by atoms with van der Waals surface area (Å²) in [4.78, 5) is 29.1. The molecule has 1 aromatic carbocycles. The Kier molecular flexibility index (Phi) is 5.07. The third-order valence-corrected chi connectivity index (χ3v) is 4.53. The highest BCUT2D eigenvalue weighted by Gasteiger charge is 2.25. The fourth-order valence-electron chi connectivity index (χ4n) is 3.13. The van der Waals surface area contributed by atoms with Gasteiger partial charge in [-0.05, 0) is 55.0 Å². The lowest BCUT2D eigenvalue weighted by molar-refractivity contribution is 0.0680. The van der Waals surface area contributed by atoms with Gasteiger partial charge in [-0.2, -0.15) is 0 Å². The lowest BCUT2D eigenvalue weighted by Gasteiger charge is -2.32. The van der Waals surface area contributed by atoms with Crippen LogP contribution in [0.5, 0.6) is 0 Å². The Hall–Kier alpha value is -2.76. The van der Waals surface area contributed by atoms with Crippen LogP contribution in [-0.4, -0.2) is 40.0 Å². The van der Waals surface area contributed by atoms with Gasteiger partial charge in [-0.3, -0.25) is 4.79 Å². The van der Waals surface area contributed by atoms with E-state index >= 15 is 0 Å². The number of aromatic nitrogens is 1. The number of amides is 1. The third kappa shape index (κ3) is 4.21. The van der Waals surface area contributed by atoms with E-state index in [0.717, 1.165) is 24.8 Å². The van der Waals surface area contributed by atoms with E-state index in [1.165, 1.54) is 24.3 Å². The first kappa shape index (κ1) is 17.1. The normalized spacial score (nSPS) is 15.2. The van der Waals surface area contributed by atoms with Crippen molar-refractivity contribution in [3.63, 3.8) is 0 Å². The van der Waals surface area contributed by atoms with Crippen LogP contribution >= 0.6 is 0 Å². The first-order chi connectivity index (χ1) is 12.0. The molecule has 1 N–H and O–H groups in total. The number of rotatable bonds is 4. The summed E-state index contributed by atoms with van der Waals surface area (Å²) >= 11 is 0. The number of piperidine rings is 1. The predicted octanol–water partition coefficient (Wildman–Crippen LogP) is 3.01. The third-order valence-electron chi connectivity index (χ3n) is 4.53. The molecule has 1 aliphatic heterocycles. The zero-order valence-corrected chi connectivity index (χ0v) is 13.7. The number of carboxylic acid groups (broad SMARTS) is 1. The number of nitrogens with zero attached hydrogens (tertiary/aromatic N) is 2. The monoisotopic (exact) mass is 342 g/mol. The van der Waals surface area contributed by atoms with Gasteiger partial charge in [0.15, 0.2) is 0 Å². The van der Waals surface area contributed by atoms with Gasteiger partial charge in [0, 0.05) is 13.1 Å². The number of carbonyl (C=O) groups is 2. The van der Waals surface area contributed by atoms with Crippen molar-refractivity contribution in [2.75, 3.05) is 13.1 Å². The zero-order chi connectivity index (χ0) is 17.8. The van der Waals surface area contributed by atoms with Gasteiger partial charge in [0.2, 0.25) is 0 Å². The van der Waals surface area contributed by atoms with Crippen LogP contribution in [0, 0.1) is 11.7 Å². The molecule has 0 aliphatic carbocycles. The number of halogens is 1. The van der Waals surface area contributed by atoms with E-state index in [-0.39, 0.29) is 23.1 Å². The number of aromatic carboxylic acids is 1. The topological polar surface area (TPSA) is 70.5 Å². The molecule has 0 spiro atoms. The molecule has 2 heterocycles. The van der Waals surface area contributed by atoms with Crippen LogP contribution in [0.4, 0.5) is 4.39 Å². The molecule has 0 radical (unpaired) electrons. The van der Waals surface area contributed by atoms with Crippen LogP contribution in [0.25, 0.3) is 0 Å². The van der Waals surface area contributed by atoms with Crippen molar-refractivity contribution >= 4 is 11.9 Å². The number of carboxylic acids is 1. The zero-order valence-electron chi connectivity index (χ0n) is 13.7. The summed E-state index contributed by atoms with van der Waals surface area (Å²) in [5.74, 6) is -1.16. The number of pyridine rings is 1. The maximum atomic E-state index is 13.0. The average Bonchev–Trinajstić information content (AvgIpc) is 2.64. The Morgan fingerprint density at radius 2 is 1.72 bits per heavy atom. The van der Waals surface area contributed by atoms with Crippen LogP contribution in [-0.2, 0) is 6.42 Å². The molecule has 0 bridgehead atoms. The number of hydrogen-bond donors (Lipinski definition) is 1. The summed E-state index contributed by atoms with van der Waals surface area (Å²) in [7, 11) is 0. The highest BCUT2D eigenvalue weighted by Crippen LogP contribution is 2.23. The lowest BCUT2D eigenvalue weighted by Crippen LogP contribution is -2.39. The molecule has 0 saturated carbocycles. The van der Waals surface area contributed by atoms with Crippen molar-refractivity contribution in [3.8, 4) is 0 Å². The number of carbonyl (C=O) groups excluding carboxylic acids is 1. The van der Waals surface area contributed by atoms with Gasteiger partial charge in [0.1, 0.15) is 17.2 Å². The highest BCUT2D eigenvalue weighted by atomic mass is 19.1. The van der Waals surface area contributed by atoms with Crippen molar-refractivity contribution in [1.29, 1.82) is 0 Å². The van der Waals surface area contributed by atoms with Gasteiger partial charge in [-0.1, -0.05) is 18.2 Å². The first-order valence-electron chi connectivity index (χ1n) is 8.27. The van der Waals surface area contributed by atoms with Crippen LogP contribution in [0.15, 0.2) is 42.5 Å². The Balaban J connectivity index is 1.58. The van der Waals surface area contributed by atoms with E-state index < -0.39 is 5.97 Å². The SMILES string of the molecule is O=C(O)c1cccc(C(=O)N2CCC(Cc3ccc(F)cc3)CC2)n1. The number of benzene rings is 1. The second-order valence-electron chi connectivity index (χ2n) is 6.28. The Bertz CT molecular complexity index is 768. The molecule has 2 aromatic rings. The Morgan fingerprint density at radius 1 is 1.08 bits per heavy atom. The summed E-state index contributed by atoms with van der Waals surface area (Å²) < 4.78 is 13.0. The molecule has 1 aromatic heterocycles. The molecule has 1 saturated heterocycles. The van der Waals surface area contributed by atoms with Gasteiger partial charge >= 0.3 is 5.97 Å². The second kappa shape index (κ2) is 7.42. The molecular weight excluding hydrogens is 323 g/mol. The van der Waals surface area contributed by atoms with E-state index in [2.05, 4.69) is 4.98 Å². The average molecular weight is 342 g/mol. The van der Waals surface area contributed by atoms with Gasteiger partial charge in [0.05, 0.1) is 0 Å². The summed E-state index contributed by atoms with van der Waals surface area (Å²) in [6.45, 7) is 1.23. The largest absolute Gasteiger partial charge is 0.477 e. The molecule has 6 heteroatoms. The molecule has 1 amide bonds. The van der Waals surface area contributed by atoms with Gasteiger partial charge < -0.3 is 10.0 Å². The quantitative estimate of drug-likeness (QED) is 0.927. The van der Waals surface area contributed by atoms with Gasteiger partial charge in [-0.15, -0.1) is 0 Å². The summed E-state index contributed by atoms with van der Waals surface area (Å²) in [5, 5.41) is 8.98. The highest BCUT2D eigenvalue weighted by molar-refractivity contribution is 5.94. The van der Waals surface area contributed by atoms with Crippen molar-refractivity contribution in [1.82, 2.24) is 9.88 Å². The van der Waals surface area contributed by atoms with Crippen LogP contribution in [0.3, 0.4) is 0 Å². The van der Waals surface area contributed by atoms with Crippen LogP contribution < -0.4 is 0 Å². The van der Waals surface area contributed by atoms with Crippen molar-refractivity contribution in [2.24, 2.45) is 5.92 Å². The van der Waals surface area contributed by atoms with E-state index in [4.69, 9.17) is 5.11 Å². The fraction of sp³-hybridized carbons (Fsp3) is 0.316. The van der Waals surface area contributed by atoms with Crippen LogP contribution in [0.1, 0.15) is 39.4 Å². The van der Waals surface area contributed by atoms with Gasteiger partial charge in [-0.25, -0.2) is 14.2 Å². The molecule has 1 fully saturated rings. The molecule has 5 nitrogen and oxygen atoms in total. The minimum Gasteiger partial charge on any atom is -0.477 e. The van der Waals surface area contributed by atoms with Crippen LogP contribution in [0.2, 0.25) is 0 Å². The van der Waals surface area contributed by atoms with Gasteiger partial charge in [0.25, 0.3) is 5.91 Å². The molecule has 0 atom stereocenters. The fourth-order valence-corrected chi connectivity index (χ4v) is 3.13. The predicted molar refractivity (Wildman–Crippen MR) is 89.9 cm³/mol. The Morgan fingerprint density at radius 3 is 2.36 bits per heavy atom. The molecule has 0 unspecified atom stereocenters. The molecule has 1 aliphatic rings. The maximum Gasteiger partial charge on any atom is 0.354 e. The van der Waals surface area contributed by atoms with E-state index in [0.29, 0.717) is 19.0 Å². The lowest BCUT2D eigenvalue weighted by atomic mass is 9.90. The van der Waals surface area contributed by atoms with E-state index in [9.17, 15) is 14.0 Å². The maximum absolute atomic E-state index is 13.0. The summed E-state index contributed by atoms with van der Waals surface area (Å²) in [6.07, 6.45) is 2.60. The first-order valence-corrected chi connectivity index (χ1v) is 8.27. The van der Waals surface area contributed by atoms with E-state index in [1.807, 2.05) is 0 Å². The minimum absolute atomic E-state index is 0.128. The smallest absolute Gasteiger partial charge is 0.354 e. The minimum atomic E-state index is -1.15. The van der Waals surface area contributed by atoms with E-state index in [1.54, 1.807) is 23.1 Å². The second-order valence-corrected chi connectivity index (χ2v) is 6.28. The number of likely N-dealkylation sites (tertiary alicyclic amines) is 1.